The molecule has 0 saturated carbocycles. The van der Waals surface area contributed by atoms with Crippen LogP contribution < -0.4 is 11.5 Å². The fraction of sp³-hybridized carbons (Fsp3) is 0.444. The SMILES string of the molecule is Cc1cc(O)c(C(C)C)cc1S(=O)(=O)O.NC(N)=N/N=C/C1=CCCCC1. The van der Waals surface area contributed by atoms with E-state index in [0.717, 1.165) is 12.8 Å². The van der Waals surface area contributed by atoms with Gasteiger partial charge in [0.1, 0.15) is 5.75 Å². The van der Waals surface area contributed by atoms with Gasteiger partial charge in [-0.3, -0.25) is 4.55 Å². The summed E-state index contributed by atoms with van der Waals surface area (Å²) in [5.41, 5.74) is 12.3. The zero-order valence-electron chi connectivity index (χ0n) is 15.9. The maximum absolute atomic E-state index is 11.0. The number of phenolic OH excluding ortho intramolecular Hbond substituents is 1. The predicted octanol–water partition coefficient (Wildman–Crippen LogP) is 2.82. The summed E-state index contributed by atoms with van der Waals surface area (Å²) in [4.78, 5) is -0.149. The second-order valence-corrected chi connectivity index (χ2v) is 7.99. The molecule has 9 heteroatoms. The summed E-state index contributed by atoms with van der Waals surface area (Å²) in [7, 11) is -4.22. The molecule has 0 unspecified atom stereocenters. The van der Waals surface area contributed by atoms with Crippen LogP contribution in [0.2, 0.25) is 0 Å². The van der Waals surface area contributed by atoms with Crippen molar-refractivity contribution in [3.05, 3.63) is 34.9 Å². The zero-order chi connectivity index (χ0) is 20.6. The lowest BCUT2D eigenvalue weighted by Gasteiger charge is -2.11. The Hall–Kier alpha value is -2.39. The van der Waals surface area contributed by atoms with Gasteiger partial charge in [0.15, 0.2) is 0 Å². The summed E-state index contributed by atoms with van der Waals surface area (Å²) in [6.07, 6.45) is 8.64. The smallest absolute Gasteiger partial charge is 0.294 e. The van der Waals surface area contributed by atoms with Crippen LogP contribution in [0.15, 0.2) is 38.9 Å². The van der Waals surface area contributed by atoms with Crippen LogP contribution in [0.3, 0.4) is 0 Å². The maximum atomic E-state index is 11.0. The van der Waals surface area contributed by atoms with Gasteiger partial charge in [-0.1, -0.05) is 19.9 Å². The standard InChI is InChI=1S/C10H14O4S.C8H14N4/c1-6(2)8-5-10(15(12,13)14)7(3)4-9(8)11;9-8(10)12-11-6-7-4-2-1-3-5-7/h4-6,11H,1-3H3,(H,12,13,14);4,6H,1-3,5H2,(H4,9,10,12)/b;11-6+. The first-order valence-electron chi connectivity index (χ1n) is 8.64. The third kappa shape index (κ3) is 7.79. The van der Waals surface area contributed by atoms with Gasteiger partial charge in [0, 0.05) is 0 Å². The third-order valence-corrected chi connectivity index (χ3v) is 4.94. The number of nitrogens with zero attached hydrogens (tertiary/aromatic N) is 2. The van der Waals surface area contributed by atoms with E-state index in [1.165, 1.54) is 37.5 Å². The van der Waals surface area contributed by atoms with Gasteiger partial charge in [-0.2, -0.15) is 13.5 Å². The van der Waals surface area contributed by atoms with Gasteiger partial charge in [-0.05, 0) is 67.4 Å². The van der Waals surface area contributed by atoms with Crippen molar-refractivity contribution in [2.24, 2.45) is 21.7 Å². The number of rotatable bonds is 4. The van der Waals surface area contributed by atoms with E-state index in [4.69, 9.17) is 16.0 Å². The lowest BCUT2D eigenvalue weighted by Crippen LogP contribution is -2.21. The van der Waals surface area contributed by atoms with Gasteiger partial charge in [0.25, 0.3) is 10.1 Å². The lowest BCUT2D eigenvalue weighted by atomic mass is 10.0. The highest BCUT2D eigenvalue weighted by molar-refractivity contribution is 7.85. The van der Waals surface area contributed by atoms with Crippen LogP contribution in [0.1, 0.15) is 56.6 Å². The molecule has 0 aliphatic heterocycles. The van der Waals surface area contributed by atoms with Crippen LogP contribution in [-0.2, 0) is 10.1 Å². The fourth-order valence-corrected chi connectivity index (χ4v) is 3.32. The Kier molecular flexibility index (Phi) is 8.45. The number of allylic oxidation sites excluding steroid dienone is 2. The molecule has 27 heavy (non-hydrogen) atoms. The quantitative estimate of drug-likeness (QED) is 0.266. The topological polar surface area (TPSA) is 151 Å². The summed E-state index contributed by atoms with van der Waals surface area (Å²) in [6.45, 7) is 5.18. The average Bonchev–Trinajstić information content (AvgIpc) is 2.54. The summed E-state index contributed by atoms with van der Waals surface area (Å²) in [5, 5.41) is 16.8. The van der Waals surface area contributed by atoms with Crippen molar-refractivity contribution in [2.75, 3.05) is 0 Å². The number of benzene rings is 1. The number of guanidine groups is 1. The summed E-state index contributed by atoms with van der Waals surface area (Å²) in [6, 6.07) is 2.66. The number of aryl methyl sites for hydroxylation is 1. The van der Waals surface area contributed by atoms with E-state index >= 15 is 0 Å². The molecule has 0 aromatic heterocycles. The minimum absolute atomic E-state index is 0.00246. The van der Waals surface area contributed by atoms with E-state index in [0.29, 0.717) is 11.1 Å². The first-order valence-corrected chi connectivity index (χ1v) is 10.1. The number of nitrogens with two attached hydrogens (primary N) is 2. The van der Waals surface area contributed by atoms with Gasteiger partial charge in [0.2, 0.25) is 5.96 Å². The van der Waals surface area contributed by atoms with E-state index in [9.17, 15) is 13.5 Å². The first-order chi connectivity index (χ1) is 12.5. The number of phenols is 1. The van der Waals surface area contributed by atoms with E-state index in [2.05, 4.69) is 16.3 Å². The zero-order valence-corrected chi connectivity index (χ0v) is 16.7. The number of aromatic hydroxyl groups is 1. The molecule has 0 atom stereocenters. The largest absolute Gasteiger partial charge is 0.508 e. The Labute approximate surface area is 160 Å². The van der Waals surface area contributed by atoms with Gasteiger partial charge in [0.05, 0.1) is 11.1 Å². The number of hydrogen-bond acceptors (Lipinski definition) is 5. The molecule has 8 nitrogen and oxygen atoms in total. The van der Waals surface area contributed by atoms with Crippen LogP contribution in [-0.4, -0.2) is 30.3 Å². The van der Waals surface area contributed by atoms with Crippen LogP contribution in [0.5, 0.6) is 5.75 Å². The van der Waals surface area contributed by atoms with Gasteiger partial charge in [-0.15, -0.1) is 5.10 Å². The van der Waals surface area contributed by atoms with Gasteiger partial charge >= 0.3 is 0 Å². The highest BCUT2D eigenvalue weighted by Crippen LogP contribution is 2.30. The highest BCUT2D eigenvalue weighted by Gasteiger charge is 2.17. The Balaban J connectivity index is 0.000000277. The molecule has 2 rings (SSSR count). The minimum atomic E-state index is -4.22. The molecule has 150 valence electrons. The van der Waals surface area contributed by atoms with Crippen LogP contribution >= 0.6 is 0 Å². The van der Waals surface area contributed by atoms with Crippen LogP contribution in [0, 0.1) is 6.92 Å². The second kappa shape index (κ2) is 10.1. The second-order valence-electron chi connectivity index (χ2n) is 6.60. The van der Waals surface area contributed by atoms with E-state index < -0.39 is 10.1 Å². The molecule has 0 radical (unpaired) electrons. The van der Waals surface area contributed by atoms with E-state index in [-0.39, 0.29) is 22.5 Å². The van der Waals surface area contributed by atoms with Crippen molar-refractivity contribution < 1.29 is 18.1 Å². The fourth-order valence-electron chi connectivity index (χ4n) is 2.58. The maximum Gasteiger partial charge on any atom is 0.294 e. The van der Waals surface area contributed by atoms with Crippen molar-refractivity contribution in [3.63, 3.8) is 0 Å². The van der Waals surface area contributed by atoms with Gasteiger partial charge < -0.3 is 16.6 Å². The summed E-state index contributed by atoms with van der Waals surface area (Å²) >= 11 is 0. The van der Waals surface area contributed by atoms with Crippen molar-refractivity contribution in [1.82, 2.24) is 0 Å². The van der Waals surface area contributed by atoms with Gasteiger partial charge in [-0.25, -0.2) is 0 Å². The molecule has 0 saturated heterocycles. The summed E-state index contributed by atoms with van der Waals surface area (Å²) in [5.74, 6) is 0.0451. The molecule has 0 amide bonds. The Morgan fingerprint density at radius 3 is 2.41 bits per heavy atom. The molecule has 0 fully saturated rings. The predicted molar refractivity (Wildman–Crippen MR) is 108 cm³/mol. The molecule has 0 spiro atoms. The minimum Gasteiger partial charge on any atom is -0.508 e. The molecule has 1 aromatic rings. The van der Waals surface area contributed by atoms with Crippen LogP contribution in [0.25, 0.3) is 0 Å². The van der Waals surface area contributed by atoms with E-state index in [1.807, 2.05) is 13.8 Å². The van der Waals surface area contributed by atoms with Crippen molar-refractivity contribution in [3.8, 4) is 5.75 Å². The molecule has 0 heterocycles. The lowest BCUT2D eigenvalue weighted by molar-refractivity contribution is 0.461. The normalized spacial score (nSPS) is 14.5. The van der Waals surface area contributed by atoms with Crippen molar-refractivity contribution in [2.45, 2.75) is 57.3 Å². The van der Waals surface area contributed by atoms with Crippen LogP contribution in [0.4, 0.5) is 0 Å². The summed E-state index contributed by atoms with van der Waals surface area (Å²) < 4.78 is 31.0. The molecular weight excluding hydrogens is 368 g/mol. The van der Waals surface area contributed by atoms with Crippen molar-refractivity contribution in [1.29, 1.82) is 0 Å². The Bertz CT molecular complexity index is 839. The Morgan fingerprint density at radius 2 is 1.93 bits per heavy atom. The Morgan fingerprint density at radius 1 is 1.26 bits per heavy atom. The highest BCUT2D eigenvalue weighted by atomic mass is 32.2. The molecule has 0 bridgehead atoms. The first kappa shape index (κ1) is 22.7. The molecule has 1 aromatic carbocycles. The average molecular weight is 397 g/mol. The molecule has 6 N–H and O–H groups in total. The molecule has 1 aliphatic carbocycles. The number of hydrogen-bond donors (Lipinski definition) is 4. The van der Waals surface area contributed by atoms with E-state index in [1.54, 1.807) is 6.21 Å². The molecular formula is C18H28N4O4S. The molecule has 1 aliphatic rings. The van der Waals surface area contributed by atoms with Crippen molar-refractivity contribution >= 4 is 22.3 Å². The third-order valence-electron chi connectivity index (χ3n) is 3.95. The monoisotopic (exact) mass is 396 g/mol.